The summed E-state index contributed by atoms with van der Waals surface area (Å²) in [7, 11) is 1.89. The van der Waals surface area contributed by atoms with Gasteiger partial charge in [0.1, 0.15) is 0 Å². The fourth-order valence-corrected chi connectivity index (χ4v) is 2.14. The molecule has 0 atom stereocenters. The SMILES string of the molecule is CN(CCOCC1CC1)CC(=O)Nc1ccc(N)cc1Cl. The van der Waals surface area contributed by atoms with Gasteiger partial charge in [-0.05, 0) is 44.0 Å². The molecule has 1 saturated carbocycles. The number of likely N-dealkylation sites (N-methyl/N-ethyl adjacent to an activating group) is 1. The maximum atomic E-state index is 11.9. The molecule has 1 aliphatic carbocycles. The minimum atomic E-state index is -0.105. The van der Waals surface area contributed by atoms with Crippen LogP contribution in [0, 0.1) is 5.92 Å². The van der Waals surface area contributed by atoms with Crippen molar-refractivity contribution in [1.29, 1.82) is 0 Å². The van der Waals surface area contributed by atoms with Crippen molar-refractivity contribution in [2.45, 2.75) is 12.8 Å². The van der Waals surface area contributed by atoms with Crippen molar-refractivity contribution in [3.8, 4) is 0 Å². The van der Waals surface area contributed by atoms with Gasteiger partial charge in [0.15, 0.2) is 0 Å². The topological polar surface area (TPSA) is 67.6 Å². The zero-order valence-corrected chi connectivity index (χ0v) is 13.0. The zero-order chi connectivity index (χ0) is 15.2. The summed E-state index contributed by atoms with van der Waals surface area (Å²) in [6.45, 7) is 2.53. The molecule has 0 unspecified atom stereocenters. The van der Waals surface area contributed by atoms with Gasteiger partial charge in [-0.15, -0.1) is 0 Å². The molecule has 0 saturated heterocycles. The third-order valence-corrected chi connectivity index (χ3v) is 3.66. The maximum absolute atomic E-state index is 11.9. The Morgan fingerprint density at radius 1 is 1.52 bits per heavy atom. The van der Waals surface area contributed by atoms with Gasteiger partial charge in [-0.2, -0.15) is 0 Å². The van der Waals surface area contributed by atoms with E-state index in [1.54, 1.807) is 18.2 Å². The van der Waals surface area contributed by atoms with Gasteiger partial charge in [-0.3, -0.25) is 9.69 Å². The molecule has 5 nitrogen and oxygen atoms in total. The number of carbonyl (C=O) groups excluding carboxylic acids is 1. The molecular weight excluding hydrogens is 290 g/mol. The number of nitrogens with one attached hydrogen (secondary N) is 1. The van der Waals surface area contributed by atoms with Crippen molar-refractivity contribution in [1.82, 2.24) is 4.90 Å². The number of carbonyl (C=O) groups is 1. The molecule has 1 aromatic carbocycles. The van der Waals surface area contributed by atoms with Crippen LogP contribution >= 0.6 is 11.6 Å². The van der Waals surface area contributed by atoms with Crippen LogP contribution < -0.4 is 11.1 Å². The van der Waals surface area contributed by atoms with Gasteiger partial charge < -0.3 is 15.8 Å². The summed E-state index contributed by atoms with van der Waals surface area (Å²) < 4.78 is 5.55. The summed E-state index contributed by atoms with van der Waals surface area (Å²) in [4.78, 5) is 13.9. The van der Waals surface area contributed by atoms with E-state index in [2.05, 4.69) is 5.32 Å². The third kappa shape index (κ3) is 5.91. The van der Waals surface area contributed by atoms with Crippen LogP contribution in [0.2, 0.25) is 5.02 Å². The van der Waals surface area contributed by atoms with Gasteiger partial charge in [0.2, 0.25) is 5.91 Å². The lowest BCUT2D eigenvalue weighted by Gasteiger charge is -2.16. The number of amides is 1. The van der Waals surface area contributed by atoms with Crippen molar-refractivity contribution in [2.24, 2.45) is 5.92 Å². The quantitative estimate of drug-likeness (QED) is 0.570. The van der Waals surface area contributed by atoms with Crippen LogP contribution in [0.5, 0.6) is 0 Å². The van der Waals surface area contributed by atoms with E-state index in [1.807, 2.05) is 11.9 Å². The Bertz CT molecular complexity index is 492. The van der Waals surface area contributed by atoms with E-state index < -0.39 is 0 Å². The van der Waals surface area contributed by atoms with Crippen molar-refractivity contribution in [3.63, 3.8) is 0 Å². The Hall–Kier alpha value is -1.30. The first-order valence-corrected chi connectivity index (χ1v) is 7.53. The van der Waals surface area contributed by atoms with E-state index in [9.17, 15) is 4.79 Å². The van der Waals surface area contributed by atoms with Gasteiger partial charge >= 0.3 is 0 Å². The fourth-order valence-electron chi connectivity index (χ4n) is 1.90. The van der Waals surface area contributed by atoms with Crippen LogP contribution in [0.15, 0.2) is 18.2 Å². The van der Waals surface area contributed by atoms with Crippen LogP contribution in [-0.4, -0.2) is 44.2 Å². The molecule has 1 fully saturated rings. The molecule has 3 N–H and O–H groups in total. The molecule has 2 rings (SSSR count). The normalized spacial score (nSPS) is 14.4. The number of nitrogens with two attached hydrogens (primary N) is 1. The van der Waals surface area contributed by atoms with Crippen molar-refractivity contribution < 1.29 is 9.53 Å². The van der Waals surface area contributed by atoms with E-state index in [1.165, 1.54) is 12.8 Å². The average Bonchev–Trinajstić information content (AvgIpc) is 3.22. The minimum Gasteiger partial charge on any atom is -0.399 e. The first-order chi connectivity index (χ1) is 10.0. The lowest BCUT2D eigenvalue weighted by atomic mass is 10.3. The predicted octanol–water partition coefficient (Wildman–Crippen LogP) is 2.22. The number of nitrogens with zero attached hydrogens (tertiary/aromatic N) is 1. The number of nitrogen functional groups attached to an aromatic ring is 1. The van der Waals surface area contributed by atoms with E-state index in [0.29, 0.717) is 29.5 Å². The van der Waals surface area contributed by atoms with Gasteiger partial charge in [0, 0.05) is 18.8 Å². The second-order valence-corrected chi connectivity index (χ2v) is 5.95. The Labute approximate surface area is 130 Å². The Kier molecular flexibility index (Phi) is 5.85. The highest BCUT2D eigenvalue weighted by atomic mass is 35.5. The first-order valence-electron chi connectivity index (χ1n) is 7.16. The summed E-state index contributed by atoms with van der Waals surface area (Å²) >= 11 is 6.02. The molecule has 21 heavy (non-hydrogen) atoms. The molecule has 0 spiro atoms. The summed E-state index contributed by atoms with van der Waals surface area (Å²) in [5, 5.41) is 3.22. The lowest BCUT2D eigenvalue weighted by molar-refractivity contribution is -0.117. The lowest BCUT2D eigenvalue weighted by Crippen LogP contribution is -2.32. The molecule has 1 aromatic rings. The number of rotatable bonds is 8. The van der Waals surface area contributed by atoms with Crippen molar-refractivity contribution in [3.05, 3.63) is 23.2 Å². The van der Waals surface area contributed by atoms with Gasteiger partial charge in [-0.1, -0.05) is 11.6 Å². The average molecular weight is 312 g/mol. The molecule has 0 radical (unpaired) electrons. The summed E-state index contributed by atoms with van der Waals surface area (Å²) in [6, 6.07) is 5.03. The Morgan fingerprint density at radius 3 is 2.95 bits per heavy atom. The highest BCUT2D eigenvalue weighted by Gasteiger charge is 2.21. The second kappa shape index (κ2) is 7.64. The Balaban J connectivity index is 1.67. The van der Waals surface area contributed by atoms with Crippen LogP contribution in [0.25, 0.3) is 0 Å². The Morgan fingerprint density at radius 2 is 2.29 bits per heavy atom. The monoisotopic (exact) mass is 311 g/mol. The van der Waals surface area contributed by atoms with Gasteiger partial charge in [-0.25, -0.2) is 0 Å². The highest BCUT2D eigenvalue weighted by molar-refractivity contribution is 6.34. The summed E-state index contributed by atoms with van der Waals surface area (Å²) in [5.74, 6) is 0.664. The summed E-state index contributed by atoms with van der Waals surface area (Å²) in [6.07, 6.45) is 2.58. The molecule has 6 heteroatoms. The maximum Gasteiger partial charge on any atom is 0.238 e. The minimum absolute atomic E-state index is 0.105. The smallest absolute Gasteiger partial charge is 0.238 e. The standard InChI is InChI=1S/C15H22ClN3O2/c1-19(6-7-21-10-11-2-3-11)9-15(20)18-14-5-4-12(17)8-13(14)16/h4-5,8,11H,2-3,6-7,9-10,17H2,1H3,(H,18,20). The predicted molar refractivity (Wildman–Crippen MR) is 85.5 cm³/mol. The van der Waals surface area contributed by atoms with Crippen LogP contribution in [0.4, 0.5) is 11.4 Å². The molecular formula is C15H22ClN3O2. The highest BCUT2D eigenvalue weighted by Crippen LogP contribution is 2.28. The molecule has 1 aliphatic rings. The number of halogens is 1. The summed E-state index contributed by atoms with van der Waals surface area (Å²) in [5.41, 5.74) is 6.76. The molecule has 116 valence electrons. The molecule has 0 bridgehead atoms. The number of hydrogen-bond acceptors (Lipinski definition) is 4. The van der Waals surface area contributed by atoms with Gasteiger partial charge in [0.25, 0.3) is 0 Å². The first kappa shape index (κ1) is 16.1. The van der Waals surface area contributed by atoms with Crippen molar-refractivity contribution >= 4 is 28.9 Å². The van der Waals surface area contributed by atoms with Crippen LogP contribution in [0.3, 0.4) is 0 Å². The number of ether oxygens (including phenoxy) is 1. The molecule has 0 aliphatic heterocycles. The zero-order valence-electron chi connectivity index (χ0n) is 12.3. The number of benzene rings is 1. The fraction of sp³-hybridized carbons (Fsp3) is 0.533. The van der Waals surface area contributed by atoms with Gasteiger partial charge in [0.05, 0.1) is 23.9 Å². The van der Waals surface area contributed by atoms with E-state index in [4.69, 9.17) is 22.1 Å². The number of hydrogen-bond donors (Lipinski definition) is 2. The largest absolute Gasteiger partial charge is 0.399 e. The molecule has 1 amide bonds. The van der Waals surface area contributed by atoms with Crippen molar-refractivity contribution in [2.75, 3.05) is 44.4 Å². The molecule has 0 heterocycles. The second-order valence-electron chi connectivity index (χ2n) is 5.54. The third-order valence-electron chi connectivity index (χ3n) is 3.35. The number of anilines is 2. The van der Waals surface area contributed by atoms with Crippen LogP contribution in [0.1, 0.15) is 12.8 Å². The molecule has 0 aromatic heterocycles. The van der Waals surface area contributed by atoms with Crippen LogP contribution in [-0.2, 0) is 9.53 Å². The van der Waals surface area contributed by atoms with E-state index >= 15 is 0 Å². The van der Waals surface area contributed by atoms with E-state index in [-0.39, 0.29) is 5.91 Å². The van der Waals surface area contributed by atoms with E-state index in [0.717, 1.165) is 19.1 Å².